The number of carbonyl (C=O) groups is 2. The number of benzene rings is 2. The fraction of sp³-hybridized carbons (Fsp3) is 0.333. The summed E-state index contributed by atoms with van der Waals surface area (Å²) in [6, 6.07) is 12.7. The summed E-state index contributed by atoms with van der Waals surface area (Å²) >= 11 is 0. The van der Waals surface area contributed by atoms with E-state index in [1.807, 2.05) is 13.8 Å². The van der Waals surface area contributed by atoms with Crippen LogP contribution in [0.2, 0.25) is 0 Å². The zero-order chi connectivity index (χ0) is 28.7. The molecular formula is C27H31N3O8S. The molecule has 3 rings (SSSR count). The van der Waals surface area contributed by atoms with Crippen molar-refractivity contribution in [3.63, 3.8) is 0 Å². The summed E-state index contributed by atoms with van der Waals surface area (Å²) in [5.74, 6) is -0.671. The third-order valence-electron chi connectivity index (χ3n) is 5.35. The maximum Gasteiger partial charge on any atom is 0.430 e. The highest BCUT2D eigenvalue weighted by Crippen LogP contribution is 2.35. The number of aryl methyl sites for hydroxylation is 1. The molecule has 39 heavy (non-hydrogen) atoms. The van der Waals surface area contributed by atoms with E-state index in [1.54, 1.807) is 56.3 Å². The van der Waals surface area contributed by atoms with Crippen molar-refractivity contribution in [3.8, 4) is 22.8 Å². The fourth-order valence-corrected chi connectivity index (χ4v) is 4.99. The summed E-state index contributed by atoms with van der Waals surface area (Å²) in [6.07, 6.45) is -0.643. The van der Waals surface area contributed by atoms with Gasteiger partial charge in [-0.1, -0.05) is 44.2 Å². The van der Waals surface area contributed by atoms with E-state index in [1.165, 1.54) is 26.5 Å². The van der Waals surface area contributed by atoms with E-state index in [0.29, 0.717) is 26.9 Å². The molecular weight excluding hydrogens is 526 g/mol. The number of rotatable bonds is 10. The van der Waals surface area contributed by atoms with Crippen LogP contribution in [0, 0.1) is 12.8 Å². The molecule has 11 nitrogen and oxygen atoms in total. The average Bonchev–Trinajstić information content (AvgIpc) is 2.92. The molecule has 2 aromatic carbocycles. The predicted molar refractivity (Wildman–Crippen MR) is 143 cm³/mol. The quantitative estimate of drug-likeness (QED) is 0.330. The van der Waals surface area contributed by atoms with E-state index < -0.39 is 28.2 Å². The number of aromatic nitrogens is 2. The molecule has 0 aliphatic rings. The van der Waals surface area contributed by atoms with Crippen molar-refractivity contribution in [1.82, 2.24) is 9.97 Å². The lowest BCUT2D eigenvalue weighted by atomic mass is 10.1. The molecule has 0 bridgehead atoms. The number of amides is 1. The molecule has 0 aliphatic carbocycles. The second-order valence-electron chi connectivity index (χ2n) is 8.89. The number of sulfonamides is 1. The van der Waals surface area contributed by atoms with E-state index >= 15 is 0 Å². The molecule has 0 aliphatic heterocycles. The Morgan fingerprint density at radius 3 is 2.28 bits per heavy atom. The normalized spacial score (nSPS) is 12.0. The molecule has 0 radical (unpaired) electrons. The molecule has 1 amide bonds. The molecule has 0 saturated carbocycles. The van der Waals surface area contributed by atoms with E-state index in [9.17, 15) is 18.0 Å². The van der Waals surface area contributed by atoms with Gasteiger partial charge in [-0.25, -0.2) is 28.0 Å². The maximum absolute atomic E-state index is 14.1. The maximum atomic E-state index is 14.1. The predicted octanol–water partition coefficient (Wildman–Crippen LogP) is 4.39. The van der Waals surface area contributed by atoms with Gasteiger partial charge < -0.3 is 18.9 Å². The lowest BCUT2D eigenvalue weighted by Gasteiger charge is -2.24. The molecule has 1 unspecified atom stereocenters. The molecule has 12 heteroatoms. The zero-order valence-electron chi connectivity index (χ0n) is 22.6. The van der Waals surface area contributed by atoms with Crippen LogP contribution in [0.15, 0.2) is 59.6 Å². The van der Waals surface area contributed by atoms with Crippen molar-refractivity contribution < 1.29 is 37.0 Å². The second kappa shape index (κ2) is 12.6. The number of nitrogens with zero attached hydrogens (tertiary/aromatic N) is 3. The average molecular weight is 558 g/mol. The van der Waals surface area contributed by atoms with Gasteiger partial charge in [-0.2, -0.15) is 0 Å². The van der Waals surface area contributed by atoms with Gasteiger partial charge in [-0.3, -0.25) is 0 Å². The second-order valence-corrected chi connectivity index (χ2v) is 10.6. The molecule has 0 saturated heterocycles. The minimum absolute atomic E-state index is 0.0143. The molecule has 0 N–H and O–H groups in total. The standard InChI is InChI=1S/C27H31N3O8S/c1-17(2)16-37-27(32)30(24-25(35-5)29-18(3)15-28-24)39(33,34)23-10-8-7-9-22(23)20-11-13-21(14-12-20)38-19(4)26(31)36-6/h7-15,17,19H,16H2,1-6H3. The first kappa shape index (κ1) is 29.4. The first-order chi connectivity index (χ1) is 18.5. The van der Waals surface area contributed by atoms with Crippen LogP contribution in [-0.2, 0) is 24.3 Å². The molecule has 1 heterocycles. The number of hydrogen-bond donors (Lipinski definition) is 0. The first-order valence-electron chi connectivity index (χ1n) is 12.0. The van der Waals surface area contributed by atoms with Gasteiger partial charge in [0.25, 0.3) is 15.9 Å². The Hall–Kier alpha value is -4.19. The SMILES string of the molecule is COC(=O)C(C)Oc1ccc(-c2ccccc2S(=O)(=O)N(C(=O)OCC(C)C)c2ncc(C)nc2OC)cc1. The van der Waals surface area contributed by atoms with Crippen LogP contribution < -0.4 is 13.8 Å². The van der Waals surface area contributed by atoms with Gasteiger partial charge in [0.2, 0.25) is 5.82 Å². The summed E-state index contributed by atoms with van der Waals surface area (Å²) in [4.78, 5) is 33.1. The van der Waals surface area contributed by atoms with Gasteiger partial charge in [-0.05, 0) is 43.5 Å². The summed E-state index contributed by atoms with van der Waals surface area (Å²) < 4.78 is 49.5. The Kier molecular flexibility index (Phi) is 9.47. The third kappa shape index (κ3) is 6.82. The lowest BCUT2D eigenvalue weighted by Crippen LogP contribution is -2.39. The van der Waals surface area contributed by atoms with Crippen LogP contribution in [0.1, 0.15) is 26.5 Å². The zero-order valence-corrected chi connectivity index (χ0v) is 23.4. The van der Waals surface area contributed by atoms with Gasteiger partial charge in [0.1, 0.15) is 5.75 Å². The van der Waals surface area contributed by atoms with Crippen LogP contribution in [0.3, 0.4) is 0 Å². The lowest BCUT2D eigenvalue weighted by molar-refractivity contribution is -0.147. The van der Waals surface area contributed by atoms with Gasteiger partial charge in [0, 0.05) is 5.56 Å². The highest BCUT2D eigenvalue weighted by molar-refractivity contribution is 7.93. The van der Waals surface area contributed by atoms with E-state index in [0.717, 1.165) is 0 Å². The molecule has 0 fully saturated rings. The molecule has 0 spiro atoms. The number of esters is 1. The number of hydrogen-bond acceptors (Lipinski definition) is 10. The van der Waals surface area contributed by atoms with Crippen LogP contribution in [0.4, 0.5) is 10.6 Å². The van der Waals surface area contributed by atoms with Crippen LogP contribution >= 0.6 is 0 Å². The number of carbonyl (C=O) groups excluding carboxylic acids is 2. The first-order valence-corrected chi connectivity index (χ1v) is 13.5. The van der Waals surface area contributed by atoms with Crippen molar-refractivity contribution in [2.75, 3.05) is 25.1 Å². The van der Waals surface area contributed by atoms with Crippen LogP contribution in [0.25, 0.3) is 11.1 Å². The van der Waals surface area contributed by atoms with Crippen LogP contribution in [-0.4, -0.2) is 57.4 Å². The highest BCUT2D eigenvalue weighted by Gasteiger charge is 2.38. The van der Waals surface area contributed by atoms with E-state index in [2.05, 4.69) is 14.7 Å². The summed E-state index contributed by atoms with van der Waals surface area (Å²) in [5.41, 5.74) is 1.29. The Balaban J connectivity index is 2.09. The highest BCUT2D eigenvalue weighted by atomic mass is 32.2. The minimum atomic E-state index is -4.59. The van der Waals surface area contributed by atoms with Crippen molar-refractivity contribution >= 4 is 27.9 Å². The Bertz CT molecular complexity index is 1430. The fourth-order valence-electron chi connectivity index (χ4n) is 3.48. The van der Waals surface area contributed by atoms with Gasteiger partial charge in [-0.15, -0.1) is 4.31 Å². The van der Waals surface area contributed by atoms with E-state index in [4.69, 9.17) is 14.2 Å². The minimum Gasteiger partial charge on any atom is -0.479 e. The van der Waals surface area contributed by atoms with E-state index in [-0.39, 0.29) is 29.1 Å². The van der Waals surface area contributed by atoms with Gasteiger partial charge >= 0.3 is 12.1 Å². The van der Waals surface area contributed by atoms with Crippen molar-refractivity contribution in [3.05, 3.63) is 60.4 Å². The Morgan fingerprint density at radius 1 is 1.00 bits per heavy atom. The molecule has 208 valence electrons. The smallest absolute Gasteiger partial charge is 0.430 e. The number of methoxy groups -OCH3 is 2. The molecule has 3 aromatic rings. The summed E-state index contributed by atoms with van der Waals surface area (Å²) in [5, 5.41) is 0. The Morgan fingerprint density at radius 2 is 1.67 bits per heavy atom. The number of ether oxygens (including phenoxy) is 4. The molecule has 1 atom stereocenters. The van der Waals surface area contributed by atoms with Gasteiger partial charge in [0.05, 0.1) is 37.6 Å². The van der Waals surface area contributed by atoms with Crippen molar-refractivity contribution in [2.24, 2.45) is 5.92 Å². The van der Waals surface area contributed by atoms with Crippen molar-refractivity contribution in [2.45, 2.75) is 38.7 Å². The third-order valence-corrected chi connectivity index (χ3v) is 7.07. The Labute approximate surface area is 227 Å². The largest absolute Gasteiger partial charge is 0.479 e. The summed E-state index contributed by atoms with van der Waals surface area (Å²) in [7, 11) is -2.02. The monoisotopic (exact) mass is 557 g/mol. The van der Waals surface area contributed by atoms with Gasteiger partial charge in [0.15, 0.2) is 6.10 Å². The molecule has 1 aromatic heterocycles. The topological polar surface area (TPSA) is 134 Å². The van der Waals surface area contributed by atoms with Crippen molar-refractivity contribution in [1.29, 1.82) is 0 Å². The summed E-state index contributed by atoms with van der Waals surface area (Å²) in [6.45, 7) is 6.85. The number of anilines is 1. The van der Waals surface area contributed by atoms with Crippen LogP contribution in [0.5, 0.6) is 11.6 Å².